The number of nitrogens with zero attached hydrogens (tertiary/aromatic N) is 3. The molecule has 3 nitrogen and oxygen atoms in total. The predicted molar refractivity (Wildman–Crippen MR) is 91.7 cm³/mol. The number of benzene rings is 1. The van der Waals surface area contributed by atoms with Crippen molar-refractivity contribution in [3.05, 3.63) is 47.5 Å². The van der Waals surface area contributed by atoms with E-state index in [9.17, 15) is 4.39 Å². The van der Waals surface area contributed by atoms with Crippen molar-refractivity contribution < 1.29 is 4.39 Å². The summed E-state index contributed by atoms with van der Waals surface area (Å²) in [6, 6.07) is 6.30. The standard InChI is InChI=1S/C20H22FN3/c1-2-3-14-4-6-15(7-5-14)18-12-23-20(24-13-18)16-8-9-17(11-22)19(21)10-16/h8-10,12-15H,2-7H2,1H3. The molecule has 1 aliphatic carbocycles. The maximum atomic E-state index is 13.7. The van der Waals surface area contributed by atoms with E-state index in [0.29, 0.717) is 17.3 Å². The van der Waals surface area contributed by atoms with E-state index in [0.717, 1.165) is 5.92 Å². The third kappa shape index (κ3) is 3.62. The highest BCUT2D eigenvalue weighted by Gasteiger charge is 2.22. The zero-order chi connectivity index (χ0) is 16.9. The van der Waals surface area contributed by atoms with Gasteiger partial charge >= 0.3 is 0 Å². The second kappa shape index (κ2) is 7.53. The Kier molecular flexibility index (Phi) is 5.20. The van der Waals surface area contributed by atoms with Gasteiger partial charge in [-0.25, -0.2) is 14.4 Å². The molecule has 0 amide bonds. The van der Waals surface area contributed by atoms with Gasteiger partial charge in [0.15, 0.2) is 5.82 Å². The Hall–Kier alpha value is -2.28. The van der Waals surface area contributed by atoms with Crippen molar-refractivity contribution in [2.24, 2.45) is 5.92 Å². The van der Waals surface area contributed by atoms with E-state index >= 15 is 0 Å². The van der Waals surface area contributed by atoms with Gasteiger partial charge in [-0.05, 0) is 61.3 Å². The van der Waals surface area contributed by atoms with Crippen molar-refractivity contribution >= 4 is 0 Å². The molecule has 0 bridgehead atoms. The number of aromatic nitrogens is 2. The lowest BCUT2D eigenvalue weighted by Crippen LogP contribution is -2.13. The minimum absolute atomic E-state index is 0.0409. The fourth-order valence-electron chi connectivity index (χ4n) is 3.64. The normalized spacial score (nSPS) is 20.5. The van der Waals surface area contributed by atoms with Crippen LogP contribution in [0, 0.1) is 23.1 Å². The molecule has 3 rings (SSSR count). The molecular formula is C20H22FN3. The van der Waals surface area contributed by atoms with Gasteiger partial charge in [0, 0.05) is 18.0 Å². The molecule has 1 aliphatic rings. The highest BCUT2D eigenvalue weighted by Crippen LogP contribution is 2.37. The second-order valence-corrected chi connectivity index (χ2v) is 6.65. The van der Waals surface area contributed by atoms with Crippen molar-refractivity contribution in [3.63, 3.8) is 0 Å². The molecule has 124 valence electrons. The Morgan fingerprint density at radius 1 is 1.17 bits per heavy atom. The lowest BCUT2D eigenvalue weighted by molar-refractivity contribution is 0.308. The van der Waals surface area contributed by atoms with Crippen molar-refractivity contribution in [2.45, 2.75) is 51.4 Å². The van der Waals surface area contributed by atoms with Gasteiger partial charge in [-0.3, -0.25) is 0 Å². The fourth-order valence-corrected chi connectivity index (χ4v) is 3.64. The highest BCUT2D eigenvalue weighted by atomic mass is 19.1. The highest BCUT2D eigenvalue weighted by molar-refractivity contribution is 5.56. The van der Waals surface area contributed by atoms with E-state index in [4.69, 9.17) is 5.26 Å². The average Bonchev–Trinajstić information content (AvgIpc) is 2.63. The summed E-state index contributed by atoms with van der Waals surface area (Å²) in [5, 5.41) is 8.79. The average molecular weight is 323 g/mol. The second-order valence-electron chi connectivity index (χ2n) is 6.65. The number of rotatable bonds is 4. The minimum Gasteiger partial charge on any atom is -0.236 e. The molecule has 0 aliphatic heterocycles. The molecule has 1 saturated carbocycles. The SMILES string of the molecule is CCCC1CCC(c2cnc(-c3ccc(C#N)c(F)c3)nc2)CC1. The first-order valence-corrected chi connectivity index (χ1v) is 8.73. The van der Waals surface area contributed by atoms with Crippen molar-refractivity contribution in [2.75, 3.05) is 0 Å². The zero-order valence-electron chi connectivity index (χ0n) is 14.0. The molecule has 1 aromatic heterocycles. The van der Waals surface area contributed by atoms with Gasteiger partial charge in [-0.2, -0.15) is 5.26 Å². The maximum absolute atomic E-state index is 13.7. The van der Waals surface area contributed by atoms with Crippen LogP contribution in [-0.2, 0) is 0 Å². The Morgan fingerprint density at radius 2 is 1.88 bits per heavy atom. The van der Waals surface area contributed by atoms with E-state index in [1.165, 1.54) is 56.2 Å². The van der Waals surface area contributed by atoms with Crippen LogP contribution in [0.2, 0.25) is 0 Å². The first-order chi connectivity index (χ1) is 11.7. The summed E-state index contributed by atoms with van der Waals surface area (Å²) in [5.74, 6) is 1.40. The third-order valence-electron chi connectivity index (χ3n) is 5.03. The summed E-state index contributed by atoms with van der Waals surface area (Å²) in [7, 11) is 0. The first kappa shape index (κ1) is 16.6. The van der Waals surface area contributed by atoms with Crippen LogP contribution in [0.15, 0.2) is 30.6 Å². The summed E-state index contributed by atoms with van der Waals surface area (Å²) >= 11 is 0. The van der Waals surface area contributed by atoms with Gasteiger partial charge in [0.1, 0.15) is 11.9 Å². The summed E-state index contributed by atoms with van der Waals surface area (Å²) in [6.45, 7) is 2.25. The van der Waals surface area contributed by atoms with Crippen LogP contribution in [0.4, 0.5) is 4.39 Å². The molecule has 0 unspecified atom stereocenters. The van der Waals surface area contributed by atoms with Crippen LogP contribution < -0.4 is 0 Å². The monoisotopic (exact) mass is 323 g/mol. The topological polar surface area (TPSA) is 49.6 Å². The molecule has 4 heteroatoms. The summed E-state index contributed by atoms with van der Waals surface area (Å²) in [6.07, 6.45) is 11.4. The Balaban J connectivity index is 1.70. The Morgan fingerprint density at radius 3 is 2.46 bits per heavy atom. The number of hydrogen-bond donors (Lipinski definition) is 0. The number of nitriles is 1. The molecule has 0 N–H and O–H groups in total. The quantitative estimate of drug-likeness (QED) is 0.774. The van der Waals surface area contributed by atoms with Gasteiger partial charge < -0.3 is 0 Å². The van der Waals surface area contributed by atoms with Crippen LogP contribution in [-0.4, -0.2) is 9.97 Å². The lowest BCUT2D eigenvalue weighted by atomic mass is 9.78. The fraction of sp³-hybridized carbons (Fsp3) is 0.450. The number of hydrogen-bond acceptors (Lipinski definition) is 3. The molecule has 1 fully saturated rings. The van der Waals surface area contributed by atoms with E-state index in [1.54, 1.807) is 6.07 Å². The van der Waals surface area contributed by atoms with Gasteiger partial charge in [-0.1, -0.05) is 19.8 Å². The minimum atomic E-state index is -0.531. The Labute approximate surface area is 142 Å². The molecule has 0 saturated heterocycles. The molecule has 1 aromatic carbocycles. The molecule has 0 atom stereocenters. The van der Waals surface area contributed by atoms with E-state index in [-0.39, 0.29) is 5.56 Å². The van der Waals surface area contributed by atoms with E-state index < -0.39 is 5.82 Å². The molecule has 1 heterocycles. The van der Waals surface area contributed by atoms with Crippen molar-refractivity contribution in [1.29, 1.82) is 5.26 Å². The Bertz CT molecular complexity index is 726. The van der Waals surface area contributed by atoms with Gasteiger partial charge in [0.05, 0.1) is 5.56 Å². The van der Waals surface area contributed by atoms with Crippen LogP contribution in [0.3, 0.4) is 0 Å². The summed E-state index contributed by atoms with van der Waals surface area (Å²) < 4.78 is 13.7. The van der Waals surface area contributed by atoms with E-state index in [1.807, 2.05) is 18.5 Å². The van der Waals surface area contributed by atoms with Gasteiger partial charge in [0.25, 0.3) is 0 Å². The van der Waals surface area contributed by atoms with E-state index in [2.05, 4.69) is 16.9 Å². The van der Waals surface area contributed by atoms with Gasteiger partial charge in [-0.15, -0.1) is 0 Å². The van der Waals surface area contributed by atoms with Crippen LogP contribution >= 0.6 is 0 Å². The van der Waals surface area contributed by atoms with Crippen LogP contribution in [0.1, 0.15) is 62.5 Å². The molecule has 2 aromatic rings. The molecule has 24 heavy (non-hydrogen) atoms. The van der Waals surface area contributed by atoms with Crippen LogP contribution in [0.25, 0.3) is 11.4 Å². The van der Waals surface area contributed by atoms with Crippen molar-refractivity contribution in [1.82, 2.24) is 9.97 Å². The third-order valence-corrected chi connectivity index (χ3v) is 5.03. The zero-order valence-corrected chi connectivity index (χ0v) is 14.0. The predicted octanol–water partition coefficient (Wildman–Crippen LogP) is 5.23. The summed E-state index contributed by atoms with van der Waals surface area (Å²) in [4.78, 5) is 8.83. The first-order valence-electron chi connectivity index (χ1n) is 8.73. The number of halogens is 1. The van der Waals surface area contributed by atoms with Gasteiger partial charge in [0.2, 0.25) is 0 Å². The molecule has 0 radical (unpaired) electrons. The van der Waals surface area contributed by atoms with Crippen molar-refractivity contribution in [3.8, 4) is 17.5 Å². The van der Waals surface area contributed by atoms with Crippen LogP contribution in [0.5, 0.6) is 0 Å². The molecular weight excluding hydrogens is 301 g/mol. The largest absolute Gasteiger partial charge is 0.236 e. The smallest absolute Gasteiger partial charge is 0.159 e. The lowest BCUT2D eigenvalue weighted by Gasteiger charge is -2.28. The summed E-state index contributed by atoms with van der Waals surface area (Å²) in [5.41, 5.74) is 1.83. The maximum Gasteiger partial charge on any atom is 0.159 e. The molecule has 0 spiro atoms.